The van der Waals surface area contributed by atoms with E-state index in [-0.39, 0.29) is 5.91 Å². The van der Waals surface area contributed by atoms with Gasteiger partial charge in [0.15, 0.2) is 5.11 Å². The molecule has 2 aromatic rings. The molecule has 1 aliphatic heterocycles. The van der Waals surface area contributed by atoms with E-state index in [0.29, 0.717) is 10.7 Å². The number of amides is 1. The number of carbonyl (C=O) groups excluding carboxylic acids is 1. The van der Waals surface area contributed by atoms with Gasteiger partial charge in [0.1, 0.15) is 0 Å². The minimum absolute atomic E-state index is 0.185. The molecule has 0 bridgehead atoms. The topological polar surface area (TPSA) is 44.4 Å². The number of rotatable bonds is 3. The molecule has 0 aromatic heterocycles. The highest BCUT2D eigenvalue weighted by molar-refractivity contribution is 7.80. The summed E-state index contributed by atoms with van der Waals surface area (Å²) in [7, 11) is 0. The molecule has 1 heterocycles. The van der Waals surface area contributed by atoms with E-state index < -0.39 is 0 Å². The van der Waals surface area contributed by atoms with Crippen LogP contribution in [-0.4, -0.2) is 24.1 Å². The molecule has 0 spiro atoms. The van der Waals surface area contributed by atoms with E-state index in [9.17, 15) is 4.79 Å². The van der Waals surface area contributed by atoms with Gasteiger partial charge in [-0.05, 0) is 69.1 Å². The summed E-state index contributed by atoms with van der Waals surface area (Å²) >= 11 is 5.38. The zero-order valence-electron chi connectivity index (χ0n) is 15.3. The number of hydrogen-bond acceptors (Lipinski definition) is 3. The van der Waals surface area contributed by atoms with Gasteiger partial charge in [-0.25, -0.2) is 0 Å². The zero-order chi connectivity index (χ0) is 18.5. The first kappa shape index (κ1) is 18.4. The SMILES string of the molecule is Cc1ccc(C(=O)NC(=S)Nc2ccccc2N2CCCCC2)c(C)c1. The Morgan fingerprint density at radius 3 is 2.50 bits per heavy atom. The molecule has 0 aliphatic carbocycles. The molecule has 136 valence electrons. The molecule has 2 N–H and O–H groups in total. The Balaban J connectivity index is 1.69. The molecule has 0 radical (unpaired) electrons. The molecular formula is C21H25N3OS. The van der Waals surface area contributed by atoms with Gasteiger partial charge >= 0.3 is 0 Å². The number of piperidine rings is 1. The summed E-state index contributed by atoms with van der Waals surface area (Å²) in [5.41, 5.74) is 4.79. The summed E-state index contributed by atoms with van der Waals surface area (Å²) in [6, 6.07) is 13.9. The summed E-state index contributed by atoms with van der Waals surface area (Å²) in [6.07, 6.45) is 3.71. The van der Waals surface area contributed by atoms with Gasteiger partial charge in [0.2, 0.25) is 0 Å². The highest BCUT2D eigenvalue weighted by Gasteiger charge is 2.16. The molecule has 4 nitrogen and oxygen atoms in total. The van der Waals surface area contributed by atoms with E-state index in [4.69, 9.17) is 12.2 Å². The Labute approximate surface area is 160 Å². The molecule has 5 heteroatoms. The normalized spacial score (nSPS) is 14.0. The fourth-order valence-electron chi connectivity index (χ4n) is 3.38. The molecule has 1 amide bonds. The van der Waals surface area contributed by atoms with Crippen LogP contribution in [0.2, 0.25) is 0 Å². The maximum absolute atomic E-state index is 12.5. The Morgan fingerprint density at radius 2 is 1.77 bits per heavy atom. The van der Waals surface area contributed by atoms with E-state index >= 15 is 0 Å². The third kappa shape index (κ3) is 4.41. The quantitative estimate of drug-likeness (QED) is 0.788. The maximum Gasteiger partial charge on any atom is 0.257 e. The van der Waals surface area contributed by atoms with Crippen LogP contribution in [0.5, 0.6) is 0 Å². The number of benzene rings is 2. The number of aryl methyl sites for hydroxylation is 2. The van der Waals surface area contributed by atoms with Gasteiger partial charge in [-0.2, -0.15) is 0 Å². The lowest BCUT2D eigenvalue weighted by Gasteiger charge is -2.30. The first-order valence-corrected chi connectivity index (χ1v) is 9.49. The average molecular weight is 368 g/mol. The second kappa shape index (κ2) is 8.32. The van der Waals surface area contributed by atoms with Crippen molar-refractivity contribution in [3.05, 3.63) is 59.2 Å². The Hall–Kier alpha value is -2.40. The lowest BCUT2D eigenvalue weighted by Crippen LogP contribution is -2.35. The maximum atomic E-state index is 12.5. The summed E-state index contributed by atoms with van der Waals surface area (Å²) < 4.78 is 0. The van der Waals surface area contributed by atoms with Crippen LogP contribution in [0.25, 0.3) is 0 Å². The van der Waals surface area contributed by atoms with Gasteiger partial charge in [-0.1, -0.05) is 29.8 Å². The molecule has 3 rings (SSSR count). The third-order valence-electron chi connectivity index (χ3n) is 4.70. The van der Waals surface area contributed by atoms with Gasteiger partial charge in [-0.3, -0.25) is 10.1 Å². The number of hydrogen-bond donors (Lipinski definition) is 2. The van der Waals surface area contributed by atoms with Crippen molar-refractivity contribution >= 4 is 34.6 Å². The average Bonchev–Trinajstić information content (AvgIpc) is 2.62. The number of nitrogens with zero attached hydrogens (tertiary/aromatic N) is 1. The molecule has 0 unspecified atom stereocenters. The predicted molar refractivity (Wildman–Crippen MR) is 112 cm³/mol. The molecule has 2 aromatic carbocycles. The monoisotopic (exact) mass is 367 g/mol. The minimum Gasteiger partial charge on any atom is -0.370 e. The molecule has 1 saturated heterocycles. The van der Waals surface area contributed by atoms with Crippen molar-refractivity contribution in [2.45, 2.75) is 33.1 Å². The van der Waals surface area contributed by atoms with Crippen molar-refractivity contribution in [1.29, 1.82) is 0 Å². The minimum atomic E-state index is -0.185. The number of carbonyl (C=O) groups is 1. The summed E-state index contributed by atoms with van der Waals surface area (Å²) in [5.74, 6) is -0.185. The standard InChI is InChI=1S/C21H25N3OS/c1-15-10-11-17(16(2)14-15)20(25)23-21(26)22-18-8-4-5-9-19(18)24-12-6-3-7-13-24/h4-5,8-11,14H,3,6-7,12-13H2,1-2H3,(H2,22,23,25,26). The Kier molecular flexibility index (Phi) is 5.89. The molecule has 26 heavy (non-hydrogen) atoms. The molecular weight excluding hydrogens is 342 g/mol. The first-order chi connectivity index (χ1) is 12.5. The van der Waals surface area contributed by atoms with Crippen LogP contribution in [0, 0.1) is 13.8 Å². The van der Waals surface area contributed by atoms with Gasteiger partial charge in [0.05, 0.1) is 11.4 Å². The van der Waals surface area contributed by atoms with Crippen LogP contribution in [0.3, 0.4) is 0 Å². The predicted octanol–water partition coefficient (Wildman–Crippen LogP) is 4.42. The lowest BCUT2D eigenvalue weighted by molar-refractivity contribution is 0.0977. The number of nitrogens with one attached hydrogen (secondary N) is 2. The van der Waals surface area contributed by atoms with E-state index in [1.807, 2.05) is 50.2 Å². The Morgan fingerprint density at radius 1 is 1.04 bits per heavy atom. The molecule has 1 fully saturated rings. The van der Waals surface area contributed by atoms with Gasteiger partial charge in [0, 0.05) is 18.7 Å². The van der Waals surface area contributed by atoms with E-state index in [1.54, 1.807) is 0 Å². The van der Waals surface area contributed by atoms with E-state index in [0.717, 1.165) is 35.6 Å². The second-order valence-corrected chi connectivity index (χ2v) is 7.20. The molecule has 0 saturated carbocycles. The highest BCUT2D eigenvalue weighted by Crippen LogP contribution is 2.28. The fourth-order valence-corrected chi connectivity index (χ4v) is 3.58. The highest BCUT2D eigenvalue weighted by atomic mass is 32.1. The summed E-state index contributed by atoms with van der Waals surface area (Å²) in [5, 5.41) is 6.31. The van der Waals surface area contributed by atoms with Crippen LogP contribution >= 0.6 is 12.2 Å². The van der Waals surface area contributed by atoms with Crippen LogP contribution < -0.4 is 15.5 Å². The second-order valence-electron chi connectivity index (χ2n) is 6.79. The third-order valence-corrected chi connectivity index (χ3v) is 4.91. The van der Waals surface area contributed by atoms with Crippen molar-refractivity contribution in [1.82, 2.24) is 5.32 Å². The van der Waals surface area contributed by atoms with Crippen LogP contribution in [0.4, 0.5) is 11.4 Å². The van der Waals surface area contributed by atoms with Crippen LogP contribution in [0.1, 0.15) is 40.7 Å². The summed E-state index contributed by atoms with van der Waals surface area (Å²) in [6.45, 7) is 6.06. The molecule has 0 atom stereocenters. The number of anilines is 2. The van der Waals surface area contributed by atoms with Crippen molar-refractivity contribution in [3.63, 3.8) is 0 Å². The van der Waals surface area contributed by atoms with E-state index in [2.05, 4.69) is 21.6 Å². The molecule has 1 aliphatic rings. The van der Waals surface area contributed by atoms with Crippen LogP contribution in [0.15, 0.2) is 42.5 Å². The van der Waals surface area contributed by atoms with Crippen molar-refractivity contribution in [2.24, 2.45) is 0 Å². The van der Waals surface area contributed by atoms with Crippen molar-refractivity contribution in [2.75, 3.05) is 23.3 Å². The fraction of sp³-hybridized carbons (Fsp3) is 0.333. The van der Waals surface area contributed by atoms with Gasteiger partial charge in [0.25, 0.3) is 5.91 Å². The van der Waals surface area contributed by atoms with Gasteiger partial charge in [-0.15, -0.1) is 0 Å². The van der Waals surface area contributed by atoms with E-state index in [1.165, 1.54) is 19.3 Å². The van der Waals surface area contributed by atoms with Crippen molar-refractivity contribution < 1.29 is 4.79 Å². The number of thiocarbonyl (C=S) groups is 1. The lowest BCUT2D eigenvalue weighted by atomic mass is 10.1. The van der Waals surface area contributed by atoms with Crippen LogP contribution in [-0.2, 0) is 0 Å². The number of para-hydroxylation sites is 2. The smallest absolute Gasteiger partial charge is 0.257 e. The largest absolute Gasteiger partial charge is 0.370 e. The summed E-state index contributed by atoms with van der Waals surface area (Å²) in [4.78, 5) is 14.9. The zero-order valence-corrected chi connectivity index (χ0v) is 16.2. The van der Waals surface area contributed by atoms with Gasteiger partial charge < -0.3 is 10.2 Å². The Bertz CT molecular complexity index is 813. The van der Waals surface area contributed by atoms with Crippen molar-refractivity contribution in [3.8, 4) is 0 Å². The first-order valence-electron chi connectivity index (χ1n) is 9.08.